The molecule has 11 heteroatoms. The highest BCUT2D eigenvalue weighted by atomic mass is 35.5. The molecule has 0 radical (unpaired) electrons. The number of para-hydroxylation sites is 1. The van der Waals surface area contributed by atoms with Gasteiger partial charge in [0.05, 0.1) is 33.9 Å². The number of rotatable bonds is 7. The van der Waals surface area contributed by atoms with Gasteiger partial charge in [0.2, 0.25) is 0 Å². The quantitative estimate of drug-likeness (QED) is 0.202. The van der Waals surface area contributed by atoms with Gasteiger partial charge >= 0.3 is 11.7 Å². The van der Waals surface area contributed by atoms with E-state index in [1.54, 1.807) is 58.3 Å². The van der Waals surface area contributed by atoms with Crippen molar-refractivity contribution in [3.63, 3.8) is 0 Å². The summed E-state index contributed by atoms with van der Waals surface area (Å²) < 4.78 is 20.9. The molecule has 0 aliphatic carbocycles. The topological polar surface area (TPSA) is 114 Å². The van der Waals surface area contributed by atoms with E-state index in [0.29, 0.717) is 16.9 Å². The number of nitrogens with two attached hydrogens (primary N) is 1. The van der Waals surface area contributed by atoms with Gasteiger partial charge in [-0.25, -0.2) is 9.18 Å². The summed E-state index contributed by atoms with van der Waals surface area (Å²) in [5.74, 6) is -0.981. The summed E-state index contributed by atoms with van der Waals surface area (Å²) in [4.78, 5) is 27.0. The molecule has 3 aromatic rings. The molecule has 0 aliphatic rings. The Bertz CT molecular complexity index is 1330. The molecular weight excluding hydrogens is 505 g/mol. The number of hydrogen-bond acceptors (Lipinski definition) is 5. The van der Waals surface area contributed by atoms with Crippen LogP contribution in [0.15, 0.2) is 53.6 Å². The van der Waals surface area contributed by atoms with E-state index in [9.17, 15) is 14.0 Å². The molecule has 36 heavy (non-hydrogen) atoms. The van der Waals surface area contributed by atoms with Crippen LogP contribution in [0.25, 0.3) is 0 Å². The molecular formula is C25H29ClFN5O3S. The van der Waals surface area contributed by atoms with Crippen molar-refractivity contribution in [2.75, 3.05) is 17.7 Å². The highest BCUT2D eigenvalue weighted by Crippen LogP contribution is 2.29. The molecule has 8 nitrogen and oxygen atoms in total. The molecule has 0 saturated carbocycles. The predicted octanol–water partition coefficient (Wildman–Crippen LogP) is 4.39. The van der Waals surface area contributed by atoms with Crippen molar-refractivity contribution >= 4 is 46.3 Å². The molecule has 2 aromatic carbocycles. The molecule has 0 aliphatic heterocycles. The van der Waals surface area contributed by atoms with Gasteiger partial charge in [-0.15, -0.1) is 0 Å². The van der Waals surface area contributed by atoms with E-state index in [0.717, 1.165) is 5.56 Å². The van der Waals surface area contributed by atoms with Crippen LogP contribution >= 0.6 is 23.8 Å². The number of aromatic nitrogens is 2. The lowest BCUT2D eigenvalue weighted by Crippen LogP contribution is -2.49. The second kappa shape index (κ2) is 10.7. The fourth-order valence-corrected chi connectivity index (χ4v) is 3.92. The molecule has 0 amide bonds. The first-order chi connectivity index (χ1) is 16.8. The minimum absolute atomic E-state index is 0.0758. The zero-order valence-electron chi connectivity index (χ0n) is 20.4. The van der Waals surface area contributed by atoms with Crippen LogP contribution in [-0.4, -0.2) is 27.2 Å². The Morgan fingerprint density at radius 1 is 1.25 bits per heavy atom. The first-order valence-electron chi connectivity index (χ1n) is 11.1. The minimum atomic E-state index is -1.07. The van der Waals surface area contributed by atoms with Gasteiger partial charge in [0, 0.05) is 12.4 Å². The maximum absolute atomic E-state index is 13.9. The molecule has 0 saturated heterocycles. The lowest BCUT2D eigenvalue weighted by Gasteiger charge is -2.33. The number of aromatic amines is 1. The van der Waals surface area contributed by atoms with E-state index in [2.05, 4.69) is 15.6 Å². The molecule has 192 valence electrons. The first-order valence-corrected chi connectivity index (χ1v) is 11.9. The van der Waals surface area contributed by atoms with Crippen LogP contribution in [0, 0.1) is 11.2 Å². The van der Waals surface area contributed by atoms with Gasteiger partial charge in [0.15, 0.2) is 5.11 Å². The number of esters is 1. The summed E-state index contributed by atoms with van der Waals surface area (Å²) in [5, 5.41) is 6.37. The Labute approximate surface area is 219 Å². The molecule has 1 heterocycles. The number of ether oxygens (including phenoxy) is 1. The normalized spacial score (nSPS) is 13.1. The number of nitrogen functional groups attached to an aromatic ring is 1. The predicted molar refractivity (Wildman–Crippen MR) is 144 cm³/mol. The second-order valence-electron chi connectivity index (χ2n) is 9.64. The van der Waals surface area contributed by atoms with Crippen molar-refractivity contribution in [1.82, 2.24) is 14.9 Å². The maximum Gasteiger partial charge on any atom is 0.325 e. The van der Waals surface area contributed by atoms with E-state index >= 15 is 0 Å². The van der Waals surface area contributed by atoms with Crippen molar-refractivity contribution in [3.8, 4) is 0 Å². The Hall–Kier alpha value is -3.37. The molecule has 5 N–H and O–H groups in total. The average molecular weight is 534 g/mol. The molecule has 0 bridgehead atoms. The van der Waals surface area contributed by atoms with Gasteiger partial charge in [0.1, 0.15) is 12.4 Å². The van der Waals surface area contributed by atoms with Gasteiger partial charge in [-0.1, -0.05) is 29.8 Å². The zero-order valence-corrected chi connectivity index (χ0v) is 22.0. The third kappa shape index (κ3) is 6.44. The minimum Gasteiger partial charge on any atom is -0.462 e. The third-order valence-electron chi connectivity index (χ3n) is 5.53. The van der Waals surface area contributed by atoms with Crippen LogP contribution in [0.3, 0.4) is 0 Å². The van der Waals surface area contributed by atoms with Crippen LogP contribution in [0.5, 0.6) is 0 Å². The van der Waals surface area contributed by atoms with Crippen molar-refractivity contribution < 1.29 is 13.9 Å². The molecule has 0 spiro atoms. The van der Waals surface area contributed by atoms with Crippen molar-refractivity contribution in [1.29, 1.82) is 0 Å². The Morgan fingerprint density at radius 3 is 2.58 bits per heavy atom. The summed E-state index contributed by atoms with van der Waals surface area (Å²) in [6, 6.07) is 9.55. The van der Waals surface area contributed by atoms with Crippen molar-refractivity contribution in [3.05, 3.63) is 81.2 Å². The van der Waals surface area contributed by atoms with E-state index in [4.69, 9.17) is 34.3 Å². The number of nitrogens with one attached hydrogen (secondary N) is 3. The fraction of sp³-hybridized carbons (Fsp3) is 0.320. The number of halogens is 2. The highest BCUT2D eigenvalue weighted by molar-refractivity contribution is 7.80. The average Bonchev–Trinajstić information content (AvgIpc) is 3.20. The smallest absolute Gasteiger partial charge is 0.325 e. The zero-order chi connectivity index (χ0) is 26.7. The van der Waals surface area contributed by atoms with Crippen molar-refractivity contribution in [2.45, 2.75) is 39.8 Å². The molecule has 1 aromatic heterocycles. The van der Waals surface area contributed by atoms with Crippen molar-refractivity contribution in [2.24, 2.45) is 5.41 Å². The number of hydrogen-bond donors (Lipinski definition) is 4. The van der Waals surface area contributed by atoms with Crippen LogP contribution in [0.2, 0.25) is 5.02 Å². The van der Waals surface area contributed by atoms with Crippen LogP contribution in [0.4, 0.5) is 15.8 Å². The highest BCUT2D eigenvalue weighted by Gasteiger charge is 2.33. The van der Waals surface area contributed by atoms with Gasteiger partial charge in [-0.3, -0.25) is 9.36 Å². The van der Waals surface area contributed by atoms with E-state index < -0.39 is 22.7 Å². The van der Waals surface area contributed by atoms with Gasteiger partial charge in [-0.2, -0.15) is 0 Å². The third-order valence-corrected chi connectivity index (χ3v) is 6.03. The number of carbonyl (C=O) groups is 1. The lowest BCUT2D eigenvalue weighted by molar-refractivity contribution is -0.155. The number of anilines is 2. The fourth-order valence-electron chi connectivity index (χ4n) is 3.41. The van der Waals surface area contributed by atoms with Gasteiger partial charge < -0.3 is 26.1 Å². The Morgan fingerprint density at radius 2 is 1.97 bits per heavy atom. The van der Waals surface area contributed by atoms with Gasteiger partial charge in [-0.05, 0) is 69.2 Å². The molecule has 1 unspecified atom stereocenters. The lowest BCUT2D eigenvalue weighted by atomic mass is 9.92. The van der Waals surface area contributed by atoms with E-state index in [1.165, 1.54) is 16.7 Å². The molecule has 3 rings (SSSR count). The van der Waals surface area contributed by atoms with E-state index in [1.807, 2.05) is 6.07 Å². The molecule has 0 fully saturated rings. The van der Waals surface area contributed by atoms with E-state index in [-0.39, 0.29) is 29.0 Å². The number of benzene rings is 2. The number of imidazole rings is 1. The Kier molecular flexibility index (Phi) is 8.10. The number of nitrogens with zero attached hydrogens (tertiary/aromatic N) is 1. The van der Waals surface area contributed by atoms with Gasteiger partial charge in [0.25, 0.3) is 0 Å². The standard InChI is InChI=1S/C25H29ClFN5O3S/c1-24(2,3)21(33)35-14-25(4,16-8-9-18(27)17(26)12-16)31-22(36)30-20-15(6-5-7-19(20)28)13-32-11-10-29-23(32)34/h5-12H,13-14,28H2,1-4H3,(H,29,34)(H2,30,31,36). The SMILES string of the molecule is CC(C)(C)C(=O)OCC(C)(NC(=S)Nc1c(N)cccc1Cn1cc[nH]c1=O)c1ccc(F)c(Cl)c1. The monoisotopic (exact) mass is 533 g/mol. The number of H-pyrrole nitrogens is 1. The summed E-state index contributed by atoms with van der Waals surface area (Å²) in [6.45, 7) is 7.15. The molecule has 1 atom stereocenters. The second-order valence-corrected chi connectivity index (χ2v) is 10.5. The summed E-state index contributed by atoms with van der Waals surface area (Å²) in [5.41, 5.74) is 6.41. The van der Waals surface area contributed by atoms with Crippen LogP contribution in [-0.2, 0) is 21.6 Å². The summed E-state index contributed by atoms with van der Waals surface area (Å²) in [6.07, 6.45) is 3.18. The maximum atomic E-state index is 13.9. The number of thiocarbonyl (C=S) groups is 1. The summed E-state index contributed by atoms with van der Waals surface area (Å²) in [7, 11) is 0. The largest absolute Gasteiger partial charge is 0.462 e. The van der Waals surface area contributed by atoms with Crippen LogP contribution < -0.4 is 22.1 Å². The first kappa shape index (κ1) is 27.2. The summed E-state index contributed by atoms with van der Waals surface area (Å²) >= 11 is 11.6. The van der Waals surface area contributed by atoms with Crippen LogP contribution in [0.1, 0.15) is 38.8 Å². The number of carbonyl (C=O) groups excluding carboxylic acids is 1. The Balaban J connectivity index is 1.88.